The molecule has 0 atom stereocenters. The van der Waals surface area contributed by atoms with E-state index in [-0.39, 0.29) is 18.3 Å². The molecule has 0 spiro atoms. The number of pyridine rings is 1. The van der Waals surface area contributed by atoms with Gasteiger partial charge < -0.3 is 14.3 Å². The van der Waals surface area contributed by atoms with Gasteiger partial charge in [0.15, 0.2) is 0 Å². The molecule has 1 saturated heterocycles. The van der Waals surface area contributed by atoms with Crippen LogP contribution in [0.4, 0.5) is 0 Å². The zero-order valence-electron chi connectivity index (χ0n) is 12.3. The summed E-state index contributed by atoms with van der Waals surface area (Å²) in [6.45, 7) is 8.18. The van der Waals surface area contributed by atoms with Crippen LogP contribution in [0.3, 0.4) is 0 Å². The third-order valence-electron chi connectivity index (χ3n) is 4.15. The molecule has 1 N–H and O–H groups in total. The second-order valence-electron chi connectivity index (χ2n) is 6.16. The minimum atomic E-state index is -0.332. The van der Waals surface area contributed by atoms with Crippen LogP contribution in [0.25, 0.3) is 17.0 Å². The monoisotopic (exact) mass is 270 g/mol. The molecule has 3 rings (SSSR count). The average molecular weight is 270 g/mol. The van der Waals surface area contributed by atoms with Gasteiger partial charge in [0.2, 0.25) is 0 Å². The van der Waals surface area contributed by atoms with Crippen molar-refractivity contribution >= 4 is 24.1 Å². The Bertz CT molecular complexity index is 645. The van der Waals surface area contributed by atoms with E-state index in [2.05, 4.69) is 9.97 Å². The third-order valence-corrected chi connectivity index (χ3v) is 4.15. The summed E-state index contributed by atoms with van der Waals surface area (Å²) in [5.74, 6) is 1.91. The molecule has 5 heteroatoms. The first-order valence-corrected chi connectivity index (χ1v) is 6.84. The van der Waals surface area contributed by atoms with Crippen LogP contribution in [-0.4, -0.2) is 28.3 Å². The van der Waals surface area contributed by atoms with Crippen molar-refractivity contribution in [1.29, 1.82) is 0 Å². The van der Waals surface area contributed by atoms with Gasteiger partial charge in [0.25, 0.3) is 0 Å². The molecule has 1 aliphatic rings. The van der Waals surface area contributed by atoms with Gasteiger partial charge in [-0.3, -0.25) is 4.98 Å². The maximum atomic E-state index is 5.91. The van der Waals surface area contributed by atoms with Crippen molar-refractivity contribution in [3.63, 3.8) is 0 Å². The van der Waals surface area contributed by atoms with E-state index in [4.69, 9.17) is 9.31 Å². The molecule has 4 nitrogen and oxygen atoms in total. The SMILES string of the molecule is CC1(C)OB(/C=C/c2cc3[nH]ccc3cn2)OC1(C)C. The van der Waals surface area contributed by atoms with Crippen LogP contribution in [0, 0.1) is 0 Å². The Balaban J connectivity index is 1.78. The Morgan fingerprint density at radius 1 is 1.20 bits per heavy atom. The average Bonchev–Trinajstić information content (AvgIpc) is 2.89. The van der Waals surface area contributed by atoms with Crippen LogP contribution in [0.1, 0.15) is 33.4 Å². The van der Waals surface area contributed by atoms with Gasteiger partial charge in [0.1, 0.15) is 0 Å². The van der Waals surface area contributed by atoms with Crippen molar-refractivity contribution in [2.24, 2.45) is 0 Å². The molecule has 0 saturated carbocycles. The summed E-state index contributed by atoms with van der Waals surface area (Å²) in [5, 5.41) is 1.11. The molecule has 1 aliphatic heterocycles. The maximum Gasteiger partial charge on any atom is 0.487 e. The normalized spacial score (nSPS) is 21.1. The Kier molecular flexibility index (Phi) is 2.99. The number of aromatic nitrogens is 2. The lowest BCUT2D eigenvalue weighted by Crippen LogP contribution is -2.41. The first-order chi connectivity index (χ1) is 9.37. The van der Waals surface area contributed by atoms with Gasteiger partial charge in [-0.15, -0.1) is 0 Å². The Labute approximate surface area is 119 Å². The fourth-order valence-electron chi connectivity index (χ4n) is 2.20. The van der Waals surface area contributed by atoms with Crippen LogP contribution in [0.5, 0.6) is 0 Å². The maximum absolute atomic E-state index is 5.91. The van der Waals surface area contributed by atoms with Crippen LogP contribution in [-0.2, 0) is 9.31 Å². The summed E-state index contributed by atoms with van der Waals surface area (Å²) in [4.78, 5) is 7.57. The number of H-pyrrole nitrogens is 1. The molecule has 0 bridgehead atoms. The fraction of sp³-hybridized carbons (Fsp3) is 0.400. The molecule has 0 amide bonds. The van der Waals surface area contributed by atoms with Crippen molar-refractivity contribution in [3.8, 4) is 0 Å². The minimum Gasteiger partial charge on any atom is -0.400 e. The van der Waals surface area contributed by atoms with Crippen LogP contribution < -0.4 is 0 Å². The Hall–Kier alpha value is -1.59. The molecule has 104 valence electrons. The van der Waals surface area contributed by atoms with Gasteiger partial charge in [-0.25, -0.2) is 0 Å². The van der Waals surface area contributed by atoms with Crippen molar-refractivity contribution in [1.82, 2.24) is 9.97 Å². The molecular weight excluding hydrogens is 251 g/mol. The first-order valence-electron chi connectivity index (χ1n) is 6.84. The fourth-order valence-corrected chi connectivity index (χ4v) is 2.20. The van der Waals surface area contributed by atoms with Crippen molar-refractivity contribution in [2.75, 3.05) is 0 Å². The number of hydrogen-bond acceptors (Lipinski definition) is 3. The molecule has 3 heterocycles. The van der Waals surface area contributed by atoms with E-state index in [9.17, 15) is 0 Å². The molecule has 0 aromatic carbocycles. The first kappa shape index (κ1) is 13.4. The number of nitrogens with zero attached hydrogens (tertiary/aromatic N) is 1. The number of fused-ring (bicyclic) bond motifs is 1. The van der Waals surface area contributed by atoms with E-state index in [1.807, 2.05) is 64.3 Å². The Morgan fingerprint density at radius 2 is 1.90 bits per heavy atom. The van der Waals surface area contributed by atoms with Gasteiger partial charge in [-0.2, -0.15) is 0 Å². The van der Waals surface area contributed by atoms with E-state index in [0.717, 1.165) is 16.6 Å². The lowest BCUT2D eigenvalue weighted by molar-refractivity contribution is 0.00578. The minimum absolute atomic E-state index is 0.307. The van der Waals surface area contributed by atoms with E-state index in [0.29, 0.717) is 0 Å². The molecular formula is C15H19BN2O2. The number of aromatic amines is 1. The highest BCUT2D eigenvalue weighted by molar-refractivity contribution is 6.52. The van der Waals surface area contributed by atoms with Gasteiger partial charge in [0, 0.05) is 23.3 Å². The summed E-state index contributed by atoms with van der Waals surface area (Å²) in [6, 6.07) is 4.02. The summed E-state index contributed by atoms with van der Waals surface area (Å²) in [7, 11) is -0.332. The van der Waals surface area contributed by atoms with Gasteiger partial charge in [-0.1, -0.05) is 5.98 Å². The molecule has 2 aromatic heterocycles. The summed E-state index contributed by atoms with van der Waals surface area (Å²) in [5.41, 5.74) is 1.35. The molecule has 2 aromatic rings. The summed E-state index contributed by atoms with van der Waals surface area (Å²) < 4.78 is 11.8. The molecule has 0 aliphatic carbocycles. The Morgan fingerprint density at radius 3 is 2.60 bits per heavy atom. The summed E-state index contributed by atoms with van der Waals surface area (Å²) >= 11 is 0. The van der Waals surface area contributed by atoms with Gasteiger partial charge in [-0.05, 0) is 45.9 Å². The lowest BCUT2D eigenvalue weighted by atomic mass is 9.89. The van der Waals surface area contributed by atoms with E-state index < -0.39 is 0 Å². The highest BCUT2D eigenvalue weighted by Crippen LogP contribution is 2.36. The van der Waals surface area contributed by atoms with E-state index >= 15 is 0 Å². The highest BCUT2D eigenvalue weighted by atomic mass is 16.7. The number of hydrogen-bond donors (Lipinski definition) is 1. The van der Waals surface area contributed by atoms with Crippen LogP contribution in [0.15, 0.2) is 30.5 Å². The van der Waals surface area contributed by atoms with Crippen LogP contribution in [0.2, 0.25) is 0 Å². The summed E-state index contributed by atoms with van der Waals surface area (Å²) in [6.07, 6.45) is 5.70. The van der Waals surface area contributed by atoms with Gasteiger partial charge in [0.05, 0.1) is 16.9 Å². The quantitative estimate of drug-likeness (QED) is 0.852. The topological polar surface area (TPSA) is 47.1 Å². The lowest BCUT2D eigenvalue weighted by Gasteiger charge is -2.32. The van der Waals surface area contributed by atoms with Crippen molar-refractivity contribution in [2.45, 2.75) is 38.9 Å². The predicted octanol–water partition coefficient (Wildman–Crippen LogP) is 3.21. The van der Waals surface area contributed by atoms with Gasteiger partial charge >= 0.3 is 7.12 Å². The smallest absolute Gasteiger partial charge is 0.400 e. The largest absolute Gasteiger partial charge is 0.487 e. The number of nitrogens with one attached hydrogen (secondary N) is 1. The van der Waals surface area contributed by atoms with Crippen molar-refractivity contribution in [3.05, 3.63) is 36.2 Å². The van der Waals surface area contributed by atoms with E-state index in [1.54, 1.807) is 0 Å². The zero-order valence-corrected chi connectivity index (χ0v) is 12.3. The third kappa shape index (κ3) is 2.27. The molecule has 0 radical (unpaired) electrons. The zero-order chi connectivity index (χ0) is 14.4. The second kappa shape index (κ2) is 4.47. The predicted molar refractivity (Wildman–Crippen MR) is 81.2 cm³/mol. The van der Waals surface area contributed by atoms with Crippen LogP contribution >= 0.6 is 0 Å². The molecule has 1 fully saturated rings. The number of rotatable bonds is 2. The highest BCUT2D eigenvalue weighted by Gasteiger charge is 2.49. The standard InChI is InChI=1S/C15H19BN2O2/c1-14(2)15(3,4)20-16(19-14)7-5-12-9-13-11(10-18-12)6-8-17-13/h5-10,17H,1-4H3/b7-5+. The molecule has 0 unspecified atom stereocenters. The molecule has 20 heavy (non-hydrogen) atoms. The van der Waals surface area contributed by atoms with Crippen molar-refractivity contribution < 1.29 is 9.31 Å². The van der Waals surface area contributed by atoms with E-state index in [1.165, 1.54) is 0 Å². The second-order valence-corrected chi connectivity index (χ2v) is 6.16.